The minimum Gasteiger partial charge on any atom is -0.497 e. The van der Waals surface area contributed by atoms with E-state index in [1.54, 1.807) is 14.2 Å². The summed E-state index contributed by atoms with van der Waals surface area (Å²) in [6, 6.07) is 6.74. The minimum atomic E-state index is 0.630. The molecule has 0 bridgehead atoms. The number of methoxy groups -OCH3 is 2. The zero-order chi connectivity index (χ0) is 15.1. The molecule has 1 atom stereocenters. The summed E-state index contributed by atoms with van der Waals surface area (Å²) in [6.45, 7) is 6.56. The lowest BCUT2D eigenvalue weighted by Crippen LogP contribution is -2.45. The summed E-state index contributed by atoms with van der Waals surface area (Å²) in [6.07, 6.45) is 3.73. The summed E-state index contributed by atoms with van der Waals surface area (Å²) < 4.78 is 10.8. The molecule has 0 amide bonds. The molecule has 1 fully saturated rings. The highest BCUT2D eigenvalue weighted by Crippen LogP contribution is 2.27. The second-order valence-electron chi connectivity index (χ2n) is 5.65. The monoisotopic (exact) mass is 292 g/mol. The molecule has 21 heavy (non-hydrogen) atoms. The van der Waals surface area contributed by atoms with Crippen LogP contribution in [0.1, 0.15) is 31.7 Å². The Morgan fingerprint density at radius 3 is 2.76 bits per heavy atom. The van der Waals surface area contributed by atoms with Gasteiger partial charge in [-0.1, -0.05) is 13.0 Å². The van der Waals surface area contributed by atoms with Crippen molar-refractivity contribution in [3.8, 4) is 11.5 Å². The number of hydrogen-bond donors (Lipinski definition) is 1. The van der Waals surface area contributed by atoms with Crippen LogP contribution in [0.3, 0.4) is 0 Å². The van der Waals surface area contributed by atoms with Crippen LogP contribution in [0.25, 0.3) is 0 Å². The van der Waals surface area contributed by atoms with Gasteiger partial charge in [0.2, 0.25) is 0 Å². The number of piperidine rings is 1. The highest BCUT2D eigenvalue weighted by Gasteiger charge is 2.21. The predicted molar refractivity (Wildman–Crippen MR) is 86.1 cm³/mol. The summed E-state index contributed by atoms with van der Waals surface area (Å²) in [5, 5.41) is 3.51. The zero-order valence-corrected chi connectivity index (χ0v) is 13.5. The van der Waals surface area contributed by atoms with E-state index in [-0.39, 0.29) is 0 Å². The number of hydrogen-bond acceptors (Lipinski definition) is 4. The van der Waals surface area contributed by atoms with E-state index >= 15 is 0 Å². The summed E-state index contributed by atoms with van der Waals surface area (Å²) in [4.78, 5) is 2.58. The number of nitrogens with zero attached hydrogens (tertiary/aromatic N) is 1. The van der Waals surface area contributed by atoms with E-state index in [1.165, 1.54) is 24.8 Å². The third-order valence-corrected chi connectivity index (χ3v) is 4.17. The summed E-state index contributed by atoms with van der Waals surface area (Å²) in [7, 11) is 3.41. The first-order valence-corrected chi connectivity index (χ1v) is 7.94. The zero-order valence-electron chi connectivity index (χ0n) is 13.5. The summed E-state index contributed by atoms with van der Waals surface area (Å²) in [5.41, 5.74) is 1.23. The predicted octanol–water partition coefficient (Wildman–Crippen LogP) is 2.67. The summed E-state index contributed by atoms with van der Waals surface area (Å²) >= 11 is 0. The van der Waals surface area contributed by atoms with Crippen molar-refractivity contribution in [3.05, 3.63) is 23.8 Å². The molecule has 4 nitrogen and oxygen atoms in total. The molecular weight excluding hydrogens is 264 g/mol. The van der Waals surface area contributed by atoms with Crippen molar-refractivity contribution in [2.24, 2.45) is 0 Å². The first-order valence-electron chi connectivity index (χ1n) is 7.94. The van der Waals surface area contributed by atoms with Crippen LogP contribution in [0.5, 0.6) is 11.5 Å². The van der Waals surface area contributed by atoms with Gasteiger partial charge in [-0.05, 0) is 38.4 Å². The normalized spacial score (nSPS) is 18.8. The van der Waals surface area contributed by atoms with Crippen molar-refractivity contribution in [3.63, 3.8) is 0 Å². The molecule has 2 rings (SSSR count). The lowest BCUT2D eigenvalue weighted by atomic mass is 10.0. The van der Waals surface area contributed by atoms with Gasteiger partial charge < -0.3 is 14.8 Å². The molecule has 1 heterocycles. The Hall–Kier alpha value is -1.26. The third-order valence-electron chi connectivity index (χ3n) is 4.17. The Balaban J connectivity index is 2.11. The fourth-order valence-electron chi connectivity index (χ4n) is 3.02. The molecule has 0 spiro atoms. The Bertz CT molecular complexity index is 431. The smallest absolute Gasteiger partial charge is 0.127 e. The van der Waals surface area contributed by atoms with Gasteiger partial charge in [-0.2, -0.15) is 0 Å². The van der Waals surface area contributed by atoms with Gasteiger partial charge >= 0.3 is 0 Å². The first kappa shape index (κ1) is 16.1. The Kier molecular flexibility index (Phi) is 6.33. The van der Waals surface area contributed by atoms with E-state index in [2.05, 4.69) is 23.2 Å². The van der Waals surface area contributed by atoms with Gasteiger partial charge in [-0.15, -0.1) is 0 Å². The van der Waals surface area contributed by atoms with Gasteiger partial charge in [0.15, 0.2) is 0 Å². The molecule has 0 radical (unpaired) electrons. The minimum absolute atomic E-state index is 0.630. The largest absolute Gasteiger partial charge is 0.497 e. The van der Waals surface area contributed by atoms with E-state index in [0.29, 0.717) is 6.04 Å². The molecule has 1 aromatic carbocycles. The molecule has 118 valence electrons. The van der Waals surface area contributed by atoms with Crippen LogP contribution in [0.15, 0.2) is 18.2 Å². The van der Waals surface area contributed by atoms with Crippen molar-refractivity contribution in [2.75, 3.05) is 33.9 Å². The van der Waals surface area contributed by atoms with Gasteiger partial charge in [0.1, 0.15) is 11.5 Å². The topological polar surface area (TPSA) is 33.7 Å². The second-order valence-corrected chi connectivity index (χ2v) is 5.65. The average molecular weight is 292 g/mol. The van der Waals surface area contributed by atoms with Crippen LogP contribution in [-0.4, -0.2) is 44.8 Å². The highest BCUT2D eigenvalue weighted by molar-refractivity contribution is 5.40. The molecule has 1 saturated heterocycles. The van der Waals surface area contributed by atoms with Crippen molar-refractivity contribution >= 4 is 0 Å². The molecular formula is C17H28N2O2. The number of rotatable bonds is 7. The summed E-state index contributed by atoms with van der Waals surface area (Å²) in [5.74, 6) is 1.76. The lowest BCUT2D eigenvalue weighted by Gasteiger charge is -2.35. The molecule has 1 aliphatic heterocycles. The first-order chi connectivity index (χ1) is 10.3. The molecule has 0 aliphatic carbocycles. The van der Waals surface area contributed by atoms with E-state index in [0.717, 1.165) is 37.7 Å². The number of ether oxygens (including phenoxy) is 2. The molecule has 1 aromatic rings. The van der Waals surface area contributed by atoms with E-state index < -0.39 is 0 Å². The van der Waals surface area contributed by atoms with Gasteiger partial charge in [-0.25, -0.2) is 0 Å². The quantitative estimate of drug-likeness (QED) is 0.838. The van der Waals surface area contributed by atoms with Crippen molar-refractivity contribution in [1.82, 2.24) is 10.2 Å². The van der Waals surface area contributed by atoms with Crippen molar-refractivity contribution < 1.29 is 9.47 Å². The maximum atomic E-state index is 5.53. The van der Waals surface area contributed by atoms with Crippen LogP contribution in [0, 0.1) is 0 Å². The molecule has 1 aliphatic rings. The third kappa shape index (κ3) is 4.35. The van der Waals surface area contributed by atoms with Gasteiger partial charge in [0.25, 0.3) is 0 Å². The van der Waals surface area contributed by atoms with Crippen LogP contribution < -0.4 is 14.8 Å². The molecule has 1 unspecified atom stereocenters. The number of nitrogens with one attached hydrogen (secondary N) is 1. The van der Waals surface area contributed by atoms with E-state index in [4.69, 9.17) is 9.47 Å². The van der Waals surface area contributed by atoms with Gasteiger partial charge in [0, 0.05) is 30.8 Å². The molecule has 4 heteroatoms. The Labute approximate surface area is 128 Å². The average Bonchev–Trinajstić information content (AvgIpc) is 2.55. The Morgan fingerprint density at radius 2 is 2.14 bits per heavy atom. The van der Waals surface area contributed by atoms with Gasteiger partial charge in [0.05, 0.1) is 14.2 Å². The second kappa shape index (κ2) is 8.25. The fourth-order valence-corrected chi connectivity index (χ4v) is 3.02. The maximum Gasteiger partial charge on any atom is 0.127 e. The SMILES string of the molecule is CCCN(Cc1ccc(OC)cc1OC)C1CCCNC1. The van der Waals surface area contributed by atoms with Crippen LogP contribution >= 0.6 is 0 Å². The van der Waals surface area contributed by atoms with Crippen LogP contribution in [-0.2, 0) is 6.54 Å². The highest BCUT2D eigenvalue weighted by atomic mass is 16.5. The number of benzene rings is 1. The Morgan fingerprint density at radius 1 is 1.29 bits per heavy atom. The maximum absolute atomic E-state index is 5.53. The van der Waals surface area contributed by atoms with Crippen LogP contribution in [0.4, 0.5) is 0 Å². The standard InChI is InChI=1S/C17H28N2O2/c1-4-10-19(15-6-5-9-18-12-15)13-14-7-8-16(20-2)11-17(14)21-3/h7-8,11,15,18H,4-6,9-10,12-13H2,1-3H3. The molecule has 1 N–H and O–H groups in total. The van der Waals surface area contributed by atoms with Crippen molar-refractivity contribution in [2.45, 2.75) is 38.8 Å². The molecule has 0 saturated carbocycles. The molecule has 0 aromatic heterocycles. The van der Waals surface area contributed by atoms with Gasteiger partial charge in [-0.3, -0.25) is 4.90 Å². The van der Waals surface area contributed by atoms with E-state index in [9.17, 15) is 0 Å². The lowest BCUT2D eigenvalue weighted by molar-refractivity contribution is 0.156. The van der Waals surface area contributed by atoms with Crippen LogP contribution in [0.2, 0.25) is 0 Å². The van der Waals surface area contributed by atoms with E-state index in [1.807, 2.05) is 12.1 Å². The van der Waals surface area contributed by atoms with Crippen molar-refractivity contribution in [1.29, 1.82) is 0 Å². The fraction of sp³-hybridized carbons (Fsp3) is 0.647.